The lowest BCUT2D eigenvalue weighted by Crippen LogP contribution is -2.28. The van der Waals surface area contributed by atoms with Crippen molar-refractivity contribution in [1.82, 2.24) is 10.6 Å². The minimum atomic E-state index is -0.591. The number of amides is 3. The van der Waals surface area contributed by atoms with Gasteiger partial charge in [0.1, 0.15) is 0 Å². The topological polar surface area (TPSA) is 108 Å². The molecule has 0 aromatic heterocycles. The summed E-state index contributed by atoms with van der Waals surface area (Å²) in [6.07, 6.45) is 0. The second-order valence-corrected chi connectivity index (χ2v) is 4.91. The molecule has 0 heterocycles. The van der Waals surface area contributed by atoms with E-state index in [9.17, 15) is 9.59 Å². The lowest BCUT2D eigenvalue weighted by Gasteiger charge is -2.07. The largest absolute Gasteiger partial charge is 0.352 e. The standard InChI is InChI=1S/C17H16N4O2/c18-9-13-2-1-3-14(8-13)11-20-16(22)15-6-4-12(5-7-15)10-21-17(19)23/h1-8H,10-11H2,(H,20,22)(H3,19,21,23). The van der Waals surface area contributed by atoms with Gasteiger partial charge in [0, 0.05) is 18.7 Å². The first kappa shape index (κ1) is 16.0. The molecule has 2 aromatic carbocycles. The number of nitrogens with two attached hydrogens (primary N) is 1. The number of primary amides is 1. The van der Waals surface area contributed by atoms with Gasteiger partial charge in [0.15, 0.2) is 0 Å². The number of nitrogens with one attached hydrogen (secondary N) is 2. The Labute approximate surface area is 133 Å². The Morgan fingerprint density at radius 2 is 1.70 bits per heavy atom. The quantitative estimate of drug-likeness (QED) is 0.781. The molecular formula is C17H16N4O2. The number of nitrogens with zero attached hydrogens (tertiary/aromatic N) is 1. The van der Waals surface area contributed by atoms with Crippen LogP contribution in [0.5, 0.6) is 0 Å². The normalized spacial score (nSPS) is 9.70. The minimum absolute atomic E-state index is 0.207. The van der Waals surface area contributed by atoms with Crippen LogP contribution in [0.2, 0.25) is 0 Å². The molecular weight excluding hydrogens is 292 g/mol. The molecule has 4 N–H and O–H groups in total. The van der Waals surface area contributed by atoms with E-state index in [4.69, 9.17) is 11.0 Å². The van der Waals surface area contributed by atoms with E-state index in [0.29, 0.717) is 24.2 Å². The number of benzene rings is 2. The Balaban J connectivity index is 1.92. The van der Waals surface area contributed by atoms with Crippen molar-refractivity contribution in [1.29, 1.82) is 5.26 Å². The molecule has 0 spiro atoms. The van der Waals surface area contributed by atoms with Crippen LogP contribution in [0.1, 0.15) is 27.0 Å². The summed E-state index contributed by atoms with van der Waals surface area (Å²) in [5, 5.41) is 14.1. The van der Waals surface area contributed by atoms with Gasteiger partial charge in [-0.1, -0.05) is 24.3 Å². The van der Waals surface area contributed by atoms with Crippen molar-refractivity contribution in [3.05, 3.63) is 70.8 Å². The lowest BCUT2D eigenvalue weighted by molar-refractivity contribution is 0.0951. The number of hydrogen-bond donors (Lipinski definition) is 3. The number of rotatable bonds is 5. The van der Waals surface area contributed by atoms with Crippen molar-refractivity contribution in [3.63, 3.8) is 0 Å². The SMILES string of the molecule is N#Cc1cccc(CNC(=O)c2ccc(CNC(N)=O)cc2)c1. The van der Waals surface area contributed by atoms with Gasteiger partial charge in [-0.05, 0) is 35.4 Å². The second kappa shape index (κ2) is 7.61. The summed E-state index contributed by atoms with van der Waals surface area (Å²) in [7, 11) is 0. The molecule has 6 heteroatoms. The van der Waals surface area contributed by atoms with E-state index in [2.05, 4.69) is 16.7 Å². The van der Waals surface area contributed by atoms with E-state index in [-0.39, 0.29) is 5.91 Å². The molecule has 3 amide bonds. The Bertz CT molecular complexity index is 748. The van der Waals surface area contributed by atoms with Gasteiger partial charge in [0.25, 0.3) is 5.91 Å². The predicted octanol–water partition coefficient (Wildman–Crippen LogP) is 1.66. The van der Waals surface area contributed by atoms with Crippen molar-refractivity contribution in [2.24, 2.45) is 5.73 Å². The highest BCUT2D eigenvalue weighted by Gasteiger charge is 2.06. The predicted molar refractivity (Wildman–Crippen MR) is 85.2 cm³/mol. The summed E-state index contributed by atoms with van der Waals surface area (Å²) in [5.41, 5.74) is 7.79. The molecule has 0 aliphatic rings. The van der Waals surface area contributed by atoms with Gasteiger partial charge in [-0.15, -0.1) is 0 Å². The Morgan fingerprint density at radius 3 is 2.35 bits per heavy atom. The van der Waals surface area contributed by atoms with E-state index in [1.165, 1.54) is 0 Å². The average molecular weight is 308 g/mol. The third-order valence-corrected chi connectivity index (χ3v) is 3.19. The second-order valence-electron chi connectivity index (χ2n) is 4.91. The number of urea groups is 1. The van der Waals surface area contributed by atoms with Gasteiger partial charge in [0.2, 0.25) is 0 Å². The molecule has 0 saturated heterocycles. The van der Waals surface area contributed by atoms with Gasteiger partial charge >= 0.3 is 6.03 Å². The van der Waals surface area contributed by atoms with Gasteiger partial charge in [-0.25, -0.2) is 4.79 Å². The van der Waals surface area contributed by atoms with Crippen LogP contribution in [-0.2, 0) is 13.1 Å². The fraction of sp³-hybridized carbons (Fsp3) is 0.118. The number of nitriles is 1. The minimum Gasteiger partial charge on any atom is -0.352 e. The van der Waals surface area contributed by atoms with Crippen molar-refractivity contribution in [2.45, 2.75) is 13.1 Å². The average Bonchev–Trinajstić information content (AvgIpc) is 2.58. The first-order valence-corrected chi connectivity index (χ1v) is 6.98. The van der Waals surface area contributed by atoms with Gasteiger partial charge in [0.05, 0.1) is 11.6 Å². The van der Waals surface area contributed by atoms with Crippen LogP contribution in [0.15, 0.2) is 48.5 Å². The maximum atomic E-state index is 12.1. The van der Waals surface area contributed by atoms with Crippen LogP contribution in [-0.4, -0.2) is 11.9 Å². The van der Waals surface area contributed by atoms with Crippen molar-refractivity contribution >= 4 is 11.9 Å². The van der Waals surface area contributed by atoms with Crippen molar-refractivity contribution in [2.75, 3.05) is 0 Å². The monoisotopic (exact) mass is 308 g/mol. The van der Waals surface area contributed by atoms with Crippen molar-refractivity contribution < 1.29 is 9.59 Å². The molecule has 6 nitrogen and oxygen atoms in total. The Hall–Kier alpha value is -3.33. The molecule has 0 atom stereocenters. The maximum absolute atomic E-state index is 12.1. The molecule has 0 saturated carbocycles. The number of carbonyl (C=O) groups excluding carboxylic acids is 2. The Kier molecular flexibility index (Phi) is 5.31. The number of hydrogen-bond acceptors (Lipinski definition) is 3. The zero-order valence-corrected chi connectivity index (χ0v) is 12.4. The van der Waals surface area contributed by atoms with Crippen LogP contribution < -0.4 is 16.4 Å². The van der Waals surface area contributed by atoms with Gasteiger partial charge in [-0.3, -0.25) is 4.79 Å². The van der Waals surface area contributed by atoms with Gasteiger partial charge in [-0.2, -0.15) is 5.26 Å². The van der Waals surface area contributed by atoms with Crippen LogP contribution in [0.25, 0.3) is 0 Å². The third kappa shape index (κ3) is 4.86. The molecule has 0 fully saturated rings. The van der Waals surface area contributed by atoms with E-state index in [1.54, 1.807) is 42.5 Å². The summed E-state index contributed by atoms with van der Waals surface area (Å²) in [6.45, 7) is 0.664. The van der Waals surface area contributed by atoms with Crippen LogP contribution in [0, 0.1) is 11.3 Å². The van der Waals surface area contributed by atoms with Crippen molar-refractivity contribution in [3.8, 4) is 6.07 Å². The first-order valence-electron chi connectivity index (χ1n) is 6.98. The molecule has 0 bridgehead atoms. The lowest BCUT2D eigenvalue weighted by atomic mass is 10.1. The molecule has 2 aromatic rings. The summed E-state index contributed by atoms with van der Waals surface area (Å²) in [6, 6.07) is 15.4. The zero-order chi connectivity index (χ0) is 16.7. The molecule has 116 valence electrons. The molecule has 2 rings (SSSR count). The summed E-state index contributed by atoms with van der Waals surface area (Å²) in [4.78, 5) is 22.7. The zero-order valence-electron chi connectivity index (χ0n) is 12.4. The fourth-order valence-electron chi connectivity index (χ4n) is 2.00. The molecule has 0 aliphatic carbocycles. The smallest absolute Gasteiger partial charge is 0.312 e. The maximum Gasteiger partial charge on any atom is 0.312 e. The summed E-state index contributed by atoms with van der Waals surface area (Å²) in [5.74, 6) is -0.207. The van der Waals surface area contributed by atoms with Gasteiger partial charge < -0.3 is 16.4 Å². The van der Waals surface area contributed by atoms with E-state index in [1.807, 2.05) is 6.07 Å². The highest BCUT2D eigenvalue weighted by Crippen LogP contribution is 2.07. The fourth-order valence-corrected chi connectivity index (χ4v) is 2.00. The molecule has 0 radical (unpaired) electrons. The third-order valence-electron chi connectivity index (χ3n) is 3.19. The summed E-state index contributed by atoms with van der Waals surface area (Å²) < 4.78 is 0. The van der Waals surface area contributed by atoms with E-state index < -0.39 is 6.03 Å². The molecule has 0 aliphatic heterocycles. The highest BCUT2D eigenvalue weighted by atomic mass is 16.2. The molecule has 23 heavy (non-hydrogen) atoms. The Morgan fingerprint density at radius 1 is 1.00 bits per heavy atom. The molecule has 0 unspecified atom stereocenters. The van der Waals surface area contributed by atoms with Crippen LogP contribution >= 0.6 is 0 Å². The number of carbonyl (C=O) groups is 2. The first-order chi connectivity index (χ1) is 11.1. The van der Waals surface area contributed by atoms with E-state index >= 15 is 0 Å². The highest BCUT2D eigenvalue weighted by molar-refractivity contribution is 5.94. The van der Waals surface area contributed by atoms with Crippen LogP contribution in [0.3, 0.4) is 0 Å². The van der Waals surface area contributed by atoms with E-state index in [0.717, 1.165) is 11.1 Å². The van der Waals surface area contributed by atoms with Crippen LogP contribution in [0.4, 0.5) is 4.79 Å². The summed E-state index contributed by atoms with van der Waals surface area (Å²) >= 11 is 0.